The first-order chi connectivity index (χ1) is 7.02. The Morgan fingerprint density at radius 3 is 2.27 bits per heavy atom. The predicted molar refractivity (Wildman–Crippen MR) is 48.5 cm³/mol. The van der Waals surface area contributed by atoms with Gasteiger partial charge in [0.25, 0.3) is 0 Å². The van der Waals surface area contributed by atoms with Gasteiger partial charge in [0.05, 0.1) is 13.7 Å². The fourth-order valence-electron chi connectivity index (χ4n) is 1.49. The van der Waals surface area contributed by atoms with E-state index in [-0.39, 0.29) is 0 Å². The van der Waals surface area contributed by atoms with Crippen molar-refractivity contribution in [1.82, 2.24) is 5.06 Å². The number of nitrogens with zero attached hydrogens (tertiary/aromatic N) is 1. The Balaban J connectivity index is 2.74. The molecule has 1 heterocycles. The van der Waals surface area contributed by atoms with Crippen molar-refractivity contribution in [3.05, 3.63) is 0 Å². The lowest BCUT2D eigenvalue weighted by atomic mass is 9.98. The van der Waals surface area contributed by atoms with E-state index in [1.54, 1.807) is 0 Å². The van der Waals surface area contributed by atoms with Gasteiger partial charge in [0.2, 0.25) is 0 Å². The van der Waals surface area contributed by atoms with Gasteiger partial charge in [0.1, 0.15) is 24.4 Å². The number of hydrogen-bond donors (Lipinski definition) is 4. The van der Waals surface area contributed by atoms with E-state index in [1.165, 1.54) is 19.2 Å². The molecule has 7 nitrogen and oxygen atoms in total. The third-order valence-electron chi connectivity index (χ3n) is 2.51. The first-order valence-electron chi connectivity index (χ1n) is 4.60. The van der Waals surface area contributed by atoms with Crippen LogP contribution in [0.15, 0.2) is 0 Å². The van der Waals surface area contributed by atoms with Crippen molar-refractivity contribution in [1.29, 1.82) is 0 Å². The third kappa shape index (κ3) is 2.45. The molecule has 0 saturated carbocycles. The molecule has 90 valence electrons. The number of aliphatic hydroxyl groups excluding tert-OH is 4. The second kappa shape index (κ2) is 5.17. The Morgan fingerprint density at radius 1 is 1.20 bits per heavy atom. The number of ether oxygens (including phenoxy) is 1. The van der Waals surface area contributed by atoms with E-state index in [1.807, 2.05) is 0 Å². The molecule has 15 heavy (non-hydrogen) atoms. The zero-order chi connectivity index (χ0) is 11.6. The molecule has 0 radical (unpaired) electrons. The molecule has 0 bridgehead atoms. The predicted octanol–water partition coefficient (Wildman–Crippen LogP) is -2.72. The maximum absolute atomic E-state index is 9.58. The molecule has 1 aliphatic heterocycles. The van der Waals surface area contributed by atoms with E-state index in [9.17, 15) is 15.3 Å². The number of aliphatic hydroxyl groups is 4. The molecule has 4 N–H and O–H groups in total. The highest BCUT2D eigenvalue weighted by atomic mass is 16.7. The Labute approximate surface area is 87.4 Å². The van der Waals surface area contributed by atoms with Crippen molar-refractivity contribution >= 4 is 0 Å². The molecule has 0 aromatic rings. The van der Waals surface area contributed by atoms with E-state index in [4.69, 9.17) is 14.7 Å². The lowest BCUT2D eigenvalue weighted by Crippen LogP contribution is -2.62. The summed E-state index contributed by atoms with van der Waals surface area (Å²) in [7, 11) is 2.88. The number of hydrogen-bond acceptors (Lipinski definition) is 7. The van der Waals surface area contributed by atoms with Crippen LogP contribution in [0.3, 0.4) is 0 Å². The SMILES string of the molecule is CON(C)[C@@H]1OC(CO)[C@@H](O)C(O)[C@H]1O. The minimum atomic E-state index is -1.38. The summed E-state index contributed by atoms with van der Waals surface area (Å²) in [6, 6.07) is 0. The second-order valence-corrected chi connectivity index (χ2v) is 3.45. The van der Waals surface area contributed by atoms with E-state index < -0.39 is 37.3 Å². The van der Waals surface area contributed by atoms with Crippen LogP contribution < -0.4 is 0 Å². The fourth-order valence-corrected chi connectivity index (χ4v) is 1.49. The second-order valence-electron chi connectivity index (χ2n) is 3.45. The van der Waals surface area contributed by atoms with Crippen LogP contribution in [-0.4, -0.2) is 76.9 Å². The van der Waals surface area contributed by atoms with Gasteiger partial charge in [0.15, 0.2) is 6.23 Å². The number of likely N-dealkylation sites (N-methyl/N-ethyl adjacent to an activating group) is 1. The Kier molecular flexibility index (Phi) is 4.41. The van der Waals surface area contributed by atoms with Crippen molar-refractivity contribution in [2.24, 2.45) is 0 Å². The molecule has 0 aliphatic carbocycles. The molecule has 0 aromatic heterocycles. The van der Waals surface area contributed by atoms with Crippen molar-refractivity contribution in [3.63, 3.8) is 0 Å². The molecule has 0 spiro atoms. The summed E-state index contributed by atoms with van der Waals surface area (Å²) in [5, 5.41) is 38.6. The molecule has 0 amide bonds. The zero-order valence-electron chi connectivity index (χ0n) is 8.65. The Hall–Kier alpha value is -0.280. The molecule has 1 rings (SSSR count). The van der Waals surface area contributed by atoms with Crippen molar-refractivity contribution < 1.29 is 30.0 Å². The van der Waals surface area contributed by atoms with Crippen LogP contribution in [0, 0.1) is 0 Å². The van der Waals surface area contributed by atoms with Crippen molar-refractivity contribution in [2.45, 2.75) is 30.6 Å². The van der Waals surface area contributed by atoms with Crippen LogP contribution in [-0.2, 0) is 9.57 Å². The van der Waals surface area contributed by atoms with Gasteiger partial charge in [-0.25, -0.2) is 0 Å². The van der Waals surface area contributed by atoms with Crippen molar-refractivity contribution in [2.75, 3.05) is 20.8 Å². The number of hydroxylamine groups is 2. The monoisotopic (exact) mass is 223 g/mol. The van der Waals surface area contributed by atoms with Crippen LogP contribution in [0.4, 0.5) is 0 Å². The first kappa shape index (κ1) is 12.8. The standard InChI is InChI=1S/C8H17NO6/c1-9(14-2)8-7(13)6(12)5(11)4(3-10)15-8/h4-8,10-13H,3H2,1-2H3/t4?,5-,6?,7-,8-/m1/s1. The van der Waals surface area contributed by atoms with Gasteiger partial charge in [0, 0.05) is 7.05 Å². The third-order valence-corrected chi connectivity index (χ3v) is 2.51. The van der Waals surface area contributed by atoms with Crippen molar-refractivity contribution in [3.8, 4) is 0 Å². The van der Waals surface area contributed by atoms with Crippen LogP contribution in [0.25, 0.3) is 0 Å². The van der Waals surface area contributed by atoms with Crippen LogP contribution in [0.1, 0.15) is 0 Å². The van der Waals surface area contributed by atoms with E-state index in [0.29, 0.717) is 0 Å². The molecule has 7 heteroatoms. The van der Waals surface area contributed by atoms with Gasteiger partial charge in [-0.15, -0.1) is 0 Å². The fraction of sp³-hybridized carbons (Fsp3) is 1.00. The average molecular weight is 223 g/mol. The highest BCUT2D eigenvalue weighted by Crippen LogP contribution is 2.22. The van der Waals surface area contributed by atoms with Gasteiger partial charge in [-0.1, -0.05) is 0 Å². The molecule has 1 saturated heterocycles. The maximum atomic E-state index is 9.58. The maximum Gasteiger partial charge on any atom is 0.161 e. The molecule has 5 atom stereocenters. The van der Waals surface area contributed by atoms with Gasteiger partial charge >= 0.3 is 0 Å². The summed E-state index contributed by atoms with van der Waals surface area (Å²) in [6.45, 7) is -0.445. The lowest BCUT2D eigenvalue weighted by molar-refractivity contribution is -0.320. The summed E-state index contributed by atoms with van der Waals surface area (Å²) >= 11 is 0. The largest absolute Gasteiger partial charge is 0.394 e. The van der Waals surface area contributed by atoms with Gasteiger partial charge in [-0.05, 0) is 0 Å². The number of rotatable bonds is 3. The minimum absolute atomic E-state index is 0.445. The zero-order valence-corrected chi connectivity index (χ0v) is 8.65. The highest BCUT2D eigenvalue weighted by molar-refractivity contribution is 4.90. The van der Waals surface area contributed by atoms with E-state index in [0.717, 1.165) is 0 Å². The topological polar surface area (TPSA) is 103 Å². The molecule has 2 unspecified atom stereocenters. The lowest BCUT2D eigenvalue weighted by Gasteiger charge is -2.42. The summed E-state index contributed by atoms with van der Waals surface area (Å²) < 4.78 is 5.17. The first-order valence-corrected chi connectivity index (χ1v) is 4.60. The molecular weight excluding hydrogens is 206 g/mol. The average Bonchev–Trinajstić information content (AvgIpc) is 2.25. The normalized spacial score (nSPS) is 42.2. The van der Waals surface area contributed by atoms with Gasteiger partial charge in [-0.3, -0.25) is 4.84 Å². The summed E-state index contributed by atoms with van der Waals surface area (Å²) in [5.41, 5.74) is 0. The molecular formula is C8H17NO6. The summed E-state index contributed by atoms with van der Waals surface area (Å²) in [5.74, 6) is 0. The molecule has 1 fully saturated rings. The minimum Gasteiger partial charge on any atom is -0.394 e. The molecule has 1 aliphatic rings. The van der Waals surface area contributed by atoms with E-state index in [2.05, 4.69) is 0 Å². The smallest absolute Gasteiger partial charge is 0.161 e. The van der Waals surface area contributed by atoms with Crippen LogP contribution in [0.2, 0.25) is 0 Å². The highest BCUT2D eigenvalue weighted by Gasteiger charge is 2.45. The molecule has 0 aromatic carbocycles. The van der Waals surface area contributed by atoms with Crippen LogP contribution in [0.5, 0.6) is 0 Å². The Bertz CT molecular complexity index is 202. The summed E-state index contributed by atoms with van der Waals surface area (Å²) in [4.78, 5) is 4.81. The summed E-state index contributed by atoms with van der Waals surface area (Å²) in [6.07, 6.45) is -5.85. The van der Waals surface area contributed by atoms with Gasteiger partial charge < -0.3 is 25.2 Å². The Morgan fingerprint density at radius 2 is 1.80 bits per heavy atom. The van der Waals surface area contributed by atoms with E-state index >= 15 is 0 Å². The quantitative estimate of drug-likeness (QED) is 0.385. The van der Waals surface area contributed by atoms with Gasteiger partial charge in [-0.2, -0.15) is 5.06 Å². The van der Waals surface area contributed by atoms with Crippen LogP contribution >= 0.6 is 0 Å².